The molecule has 0 unspecified atom stereocenters. The average molecular weight is 529 g/mol. The van der Waals surface area contributed by atoms with E-state index < -0.39 is 11.9 Å². The minimum absolute atomic E-state index is 0.0480. The van der Waals surface area contributed by atoms with Crippen molar-refractivity contribution in [2.75, 3.05) is 30.7 Å². The molecular formula is C27H27Cl2FN4O2. The first-order valence-corrected chi connectivity index (χ1v) is 12.6. The molecule has 9 heteroatoms. The van der Waals surface area contributed by atoms with Crippen LogP contribution in [0.3, 0.4) is 0 Å². The van der Waals surface area contributed by atoms with E-state index in [1.807, 2.05) is 11.0 Å². The van der Waals surface area contributed by atoms with Crippen molar-refractivity contribution in [1.82, 2.24) is 9.88 Å². The van der Waals surface area contributed by atoms with Crippen molar-refractivity contribution in [3.63, 3.8) is 0 Å². The highest BCUT2D eigenvalue weighted by Gasteiger charge is 2.41. The Morgan fingerprint density at radius 1 is 1.19 bits per heavy atom. The fraction of sp³-hybridized carbons (Fsp3) is 0.333. The summed E-state index contributed by atoms with van der Waals surface area (Å²) in [5, 5.41) is 3.80. The van der Waals surface area contributed by atoms with Gasteiger partial charge in [0.25, 0.3) is 0 Å². The third kappa shape index (κ3) is 4.35. The lowest BCUT2D eigenvalue weighted by atomic mass is 9.74. The summed E-state index contributed by atoms with van der Waals surface area (Å²) >= 11 is 12.4. The number of hydrogen-bond acceptors (Lipinski definition) is 5. The lowest BCUT2D eigenvalue weighted by Crippen LogP contribution is -2.45. The zero-order chi connectivity index (χ0) is 25.6. The maximum Gasteiger partial charge on any atom is 0.219 e. The number of nitrogens with zero attached hydrogens (tertiary/aromatic N) is 2. The van der Waals surface area contributed by atoms with Crippen LogP contribution in [0.5, 0.6) is 5.75 Å². The highest BCUT2D eigenvalue weighted by Crippen LogP contribution is 2.45. The number of likely N-dealkylation sites (tertiary alicyclic amines) is 1. The first kappa shape index (κ1) is 24.7. The molecule has 3 aromatic rings. The normalized spacial score (nSPS) is 17.0. The summed E-state index contributed by atoms with van der Waals surface area (Å²) in [5.74, 6) is 0.140. The summed E-state index contributed by atoms with van der Waals surface area (Å²) in [7, 11) is 0. The molecule has 1 amide bonds. The molecule has 2 aliphatic rings. The highest BCUT2D eigenvalue weighted by molar-refractivity contribution is 6.36. The number of benzene rings is 2. The Morgan fingerprint density at radius 3 is 2.67 bits per heavy atom. The molecule has 188 valence electrons. The summed E-state index contributed by atoms with van der Waals surface area (Å²) in [6, 6.07) is 10.8. The van der Waals surface area contributed by atoms with Gasteiger partial charge >= 0.3 is 0 Å². The number of carbonyl (C=O) groups is 1. The van der Waals surface area contributed by atoms with Crippen molar-refractivity contribution in [2.24, 2.45) is 0 Å². The summed E-state index contributed by atoms with van der Waals surface area (Å²) in [4.78, 5) is 18.0. The summed E-state index contributed by atoms with van der Waals surface area (Å²) < 4.78 is 20.1. The second-order valence-electron chi connectivity index (χ2n) is 9.52. The summed E-state index contributed by atoms with van der Waals surface area (Å²) in [5.41, 5.74) is 10.7. The molecule has 1 atom stereocenters. The van der Waals surface area contributed by atoms with Crippen molar-refractivity contribution in [2.45, 2.75) is 38.2 Å². The molecule has 6 nitrogen and oxygen atoms in total. The van der Waals surface area contributed by atoms with Gasteiger partial charge in [0.2, 0.25) is 5.91 Å². The number of halogens is 3. The fourth-order valence-electron chi connectivity index (χ4n) is 5.26. The van der Waals surface area contributed by atoms with Crippen LogP contribution >= 0.6 is 23.2 Å². The van der Waals surface area contributed by atoms with Gasteiger partial charge in [-0.15, -0.1) is 0 Å². The van der Waals surface area contributed by atoms with Crippen LogP contribution in [0.25, 0.3) is 11.1 Å². The van der Waals surface area contributed by atoms with Crippen LogP contribution in [0, 0.1) is 5.82 Å². The van der Waals surface area contributed by atoms with E-state index in [2.05, 4.69) is 28.5 Å². The quantitative estimate of drug-likeness (QED) is 0.392. The van der Waals surface area contributed by atoms with Crippen molar-refractivity contribution >= 4 is 40.6 Å². The Kier molecular flexibility index (Phi) is 6.47. The Bertz CT molecular complexity index is 1340. The number of nitrogen functional groups attached to an aromatic ring is 1. The van der Waals surface area contributed by atoms with E-state index in [9.17, 15) is 9.18 Å². The number of aromatic nitrogens is 1. The van der Waals surface area contributed by atoms with E-state index in [0.29, 0.717) is 16.3 Å². The Labute approximate surface area is 219 Å². The predicted octanol–water partition coefficient (Wildman–Crippen LogP) is 6.22. The van der Waals surface area contributed by atoms with Gasteiger partial charge in [0, 0.05) is 60.0 Å². The van der Waals surface area contributed by atoms with Crippen molar-refractivity contribution in [3.05, 3.63) is 69.6 Å². The molecule has 3 N–H and O–H groups in total. The molecule has 2 aliphatic heterocycles. The number of nitrogens with one attached hydrogen (secondary N) is 1. The van der Waals surface area contributed by atoms with Crippen LogP contribution < -0.4 is 15.8 Å². The molecule has 0 bridgehead atoms. The standard InChI is InChI=1S/C27H27Cl2FN4O2/c1-15(24-20(28)5-6-21(30)25(24)29)36-23-12-18(13-32-26(23)31)17-3-4-19-22(11-17)33-14-27(19)7-9-34(10-8-27)16(2)35/h3-6,11-13,15,33H,7-10,14H2,1-2H3,(H2,31,32)/t15-/m1/s1. The third-order valence-corrected chi connectivity index (χ3v) is 8.09. The summed E-state index contributed by atoms with van der Waals surface area (Å²) in [6.45, 7) is 5.77. The van der Waals surface area contributed by atoms with Crippen LogP contribution in [0.1, 0.15) is 43.9 Å². The van der Waals surface area contributed by atoms with E-state index in [4.69, 9.17) is 33.7 Å². The zero-order valence-corrected chi connectivity index (χ0v) is 21.6. The van der Waals surface area contributed by atoms with Gasteiger partial charge < -0.3 is 20.7 Å². The lowest BCUT2D eigenvalue weighted by molar-refractivity contribution is -0.130. The average Bonchev–Trinajstić information content (AvgIpc) is 3.20. The monoisotopic (exact) mass is 528 g/mol. The number of carbonyl (C=O) groups excluding carboxylic acids is 1. The number of pyridine rings is 1. The minimum atomic E-state index is -0.650. The topological polar surface area (TPSA) is 80.5 Å². The second-order valence-corrected chi connectivity index (χ2v) is 10.3. The molecule has 3 heterocycles. The molecule has 5 rings (SSSR count). The zero-order valence-electron chi connectivity index (χ0n) is 20.1. The van der Waals surface area contributed by atoms with Crippen LogP contribution in [-0.2, 0) is 10.2 Å². The molecule has 0 saturated carbocycles. The van der Waals surface area contributed by atoms with Gasteiger partial charge in [-0.3, -0.25) is 4.79 Å². The van der Waals surface area contributed by atoms with Crippen LogP contribution in [0.2, 0.25) is 10.0 Å². The molecule has 1 saturated heterocycles. The van der Waals surface area contributed by atoms with Crippen LogP contribution in [0.4, 0.5) is 15.9 Å². The largest absolute Gasteiger partial charge is 0.482 e. The van der Waals surface area contributed by atoms with Gasteiger partial charge in [-0.1, -0.05) is 35.3 Å². The molecule has 36 heavy (non-hydrogen) atoms. The van der Waals surface area contributed by atoms with E-state index >= 15 is 0 Å². The molecular weight excluding hydrogens is 502 g/mol. The molecule has 2 aromatic carbocycles. The smallest absolute Gasteiger partial charge is 0.219 e. The van der Waals surface area contributed by atoms with Gasteiger partial charge in [0.15, 0.2) is 11.6 Å². The number of anilines is 2. The van der Waals surface area contributed by atoms with Gasteiger partial charge in [-0.05, 0) is 55.2 Å². The summed E-state index contributed by atoms with van der Waals surface area (Å²) in [6.07, 6.45) is 2.93. The molecule has 0 aliphatic carbocycles. The third-order valence-electron chi connectivity index (χ3n) is 7.38. The minimum Gasteiger partial charge on any atom is -0.482 e. The van der Waals surface area contributed by atoms with E-state index in [-0.39, 0.29) is 22.2 Å². The molecule has 1 aromatic heterocycles. The SMILES string of the molecule is CC(=O)N1CCC2(CC1)CNc1cc(-c3cnc(N)c(O[C@H](C)c4c(Cl)ccc(F)c4Cl)c3)ccc12. The number of piperidine rings is 1. The first-order valence-electron chi connectivity index (χ1n) is 11.9. The number of rotatable bonds is 4. The number of fused-ring (bicyclic) bond motifs is 2. The predicted molar refractivity (Wildman–Crippen MR) is 141 cm³/mol. The maximum absolute atomic E-state index is 14.0. The van der Waals surface area contributed by atoms with Gasteiger partial charge in [0.05, 0.1) is 5.02 Å². The van der Waals surface area contributed by atoms with Gasteiger partial charge in [-0.2, -0.15) is 0 Å². The van der Waals surface area contributed by atoms with E-state index in [0.717, 1.165) is 49.3 Å². The molecule has 1 fully saturated rings. The van der Waals surface area contributed by atoms with Crippen LogP contribution in [-0.4, -0.2) is 35.4 Å². The lowest BCUT2D eigenvalue weighted by Gasteiger charge is -2.39. The number of ether oxygens (including phenoxy) is 1. The Morgan fingerprint density at radius 2 is 1.94 bits per heavy atom. The van der Waals surface area contributed by atoms with Gasteiger partial charge in [-0.25, -0.2) is 9.37 Å². The maximum atomic E-state index is 14.0. The fourth-order valence-corrected chi connectivity index (χ4v) is 5.94. The Hall–Kier alpha value is -3.03. The highest BCUT2D eigenvalue weighted by atomic mass is 35.5. The van der Waals surface area contributed by atoms with Crippen molar-refractivity contribution in [1.29, 1.82) is 0 Å². The van der Waals surface area contributed by atoms with Crippen LogP contribution in [0.15, 0.2) is 42.6 Å². The second kappa shape index (κ2) is 9.45. The Balaban J connectivity index is 1.40. The number of amides is 1. The molecule has 1 spiro atoms. The molecule has 0 radical (unpaired) electrons. The van der Waals surface area contributed by atoms with Gasteiger partial charge in [0.1, 0.15) is 11.9 Å². The van der Waals surface area contributed by atoms with E-state index in [1.165, 1.54) is 17.7 Å². The van der Waals surface area contributed by atoms with Crippen molar-refractivity contribution in [3.8, 4) is 16.9 Å². The number of hydrogen-bond donors (Lipinski definition) is 2. The van der Waals surface area contributed by atoms with E-state index in [1.54, 1.807) is 20.0 Å². The van der Waals surface area contributed by atoms with Crippen molar-refractivity contribution < 1.29 is 13.9 Å². The first-order chi connectivity index (χ1) is 17.2. The number of nitrogens with two attached hydrogens (primary N) is 1.